The lowest BCUT2D eigenvalue weighted by Crippen LogP contribution is -2.33. The molecule has 1 fully saturated rings. The summed E-state index contributed by atoms with van der Waals surface area (Å²) in [7, 11) is 0. The summed E-state index contributed by atoms with van der Waals surface area (Å²) in [6.07, 6.45) is 0.424. The molecule has 1 aliphatic rings. The number of hydrogen-bond acceptors (Lipinski definition) is 1. The molecule has 0 atom stereocenters. The van der Waals surface area contributed by atoms with Crippen molar-refractivity contribution in [2.45, 2.75) is 25.7 Å². The Morgan fingerprint density at radius 2 is 2.27 bits per heavy atom. The Hall–Kier alpha value is -0.670. The van der Waals surface area contributed by atoms with Gasteiger partial charge in [0.25, 0.3) is 5.91 Å². The van der Waals surface area contributed by atoms with Crippen molar-refractivity contribution in [3.05, 3.63) is 0 Å². The van der Waals surface area contributed by atoms with Crippen LogP contribution in [0.4, 0.5) is 8.78 Å². The van der Waals surface area contributed by atoms with Crippen LogP contribution in [0, 0.1) is 0 Å². The number of carbonyl (C=O) groups is 1. The van der Waals surface area contributed by atoms with Crippen LogP contribution in [0.1, 0.15) is 19.8 Å². The van der Waals surface area contributed by atoms with E-state index in [9.17, 15) is 13.6 Å². The molecule has 0 bridgehead atoms. The van der Waals surface area contributed by atoms with Gasteiger partial charge >= 0.3 is 5.92 Å². The van der Waals surface area contributed by atoms with Crippen molar-refractivity contribution in [1.82, 2.24) is 4.90 Å². The Balaban J connectivity index is 2.56. The van der Waals surface area contributed by atoms with Crippen LogP contribution in [0.5, 0.6) is 0 Å². The third-order valence-electron chi connectivity index (χ3n) is 1.79. The molecule has 1 rings (SSSR count). The summed E-state index contributed by atoms with van der Waals surface area (Å²) in [6.45, 7) is 2.53. The van der Waals surface area contributed by atoms with E-state index < -0.39 is 11.8 Å². The quantitative estimate of drug-likeness (QED) is 0.600. The molecule has 2 nitrogen and oxygen atoms in total. The maximum Gasteiger partial charge on any atom is 0.326 e. The SMILES string of the molecule is CCCN1CCC(F)(F)C1=O. The van der Waals surface area contributed by atoms with Crippen LogP contribution in [-0.2, 0) is 4.79 Å². The third kappa shape index (κ3) is 1.49. The van der Waals surface area contributed by atoms with Gasteiger partial charge in [0.1, 0.15) is 0 Å². The summed E-state index contributed by atoms with van der Waals surface area (Å²) in [5.74, 6) is -4.09. The summed E-state index contributed by atoms with van der Waals surface area (Å²) in [5.41, 5.74) is 0. The van der Waals surface area contributed by atoms with Crippen molar-refractivity contribution in [2.75, 3.05) is 13.1 Å². The topological polar surface area (TPSA) is 20.3 Å². The van der Waals surface area contributed by atoms with Crippen molar-refractivity contribution in [1.29, 1.82) is 0 Å². The molecule has 11 heavy (non-hydrogen) atoms. The van der Waals surface area contributed by atoms with E-state index in [1.165, 1.54) is 4.90 Å². The fourth-order valence-electron chi connectivity index (χ4n) is 1.20. The van der Waals surface area contributed by atoms with Crippen LogP contribution >= 0.6 is 0 Å². The maximum atomic E-state index is 12.5. The number of hydrogen-bond donors (Lipinski definition) is 0. The molecule has 4 heteroatoms. The Bertz CT molecular complexity index is 170. The van der Waals surface area contributed by atoms with E-state index in [0.717, 1.165) is 6.42 Å². The average Bonchev–Trinajstić information content (AvgIpc) is 2.17. The van der Waals surface area contributed by atoms with Crippen LogP contribution in [0.15, 0.2) is 0 Å². The number of halogens is 2. The zero-order valence-electron chi connectivity index (χ0n) is 6.44. The zero-order chi connectivity index (χ0) is 8.48. The predicted octanol–water partition coefficient (Wildman–Crippen LogP) is 1.26. The highest BCUT2D eigenvalue weighted by molar-refractivity contribution is 5.85. The van der Waals surface area contributed by atoms with E-state index >= 15 is 0 Å². The molecule has 0 aromatic rings. The summed E-state index contributed by atoms with van der Waals surface area (Å²) < 4.78 is 25.0. The number of amides is 1. The number of rotatable bonds is 2. The van der Waals surface area contributed by atoms with Gasteiger partial charge in [-0.15, -0.1) is 0 Å². The zero-order valence-corrected chi connectivity index (χ0v) is 6.44. The van der Waals surface area contributed by atoms with Crippen LogP contribution < -0.4 is 0 Å². The molecule has 1 aliphatic heterocycles. The molecule has 0 unspecified atom stereocenters. The van der Waals surface area contributed by atoms with Crippen LogP contribution in [0.3, 0.4) is 0 Å². The standard InChI is InChI=1S/C7H11F2NO/c1-2-4-10-5-3-7(8,9)6(10)11/h2-5H2,1H3. The minimum Gasteiger partial charge on any atom is -0.337 e. The van der Waals surface area contributed by atoms with E-state index in [1.807, 2.05) is 6.92 Å². The molecule has 1 heterocycles. The van der Waals surface area contributed by atoms with Gasteiger partial charge in [0.15, 0.2) is 0 Å². The summed E-state index contributed by atoms with van der Waals surface area (Å²) >= 11 is 0. The van der Waals surface area contributed by atoms with Crippen molar-refractivity contribution in [3.63, 3.8) is 0 Å². The van der Waals surface area contributed by atoms with Gasteiger partial charge in [-0.05, 0) is 6.42 Å². The van der Waals surface area contributed by atoms with E-state index in [0.29, 0.717) is 6.54 Å². The summed E-state index contributed by atoms with van der Waals surface area (Å²) in [5, 5.41) is 0. The Kier molecular flexibility index (Phi) is 2.11. The largest absolute Gasteiger partial charge is 0.337 e. The van der Waals surface area contributed by atoms with Crippen molar-refractivity contribution in [3.8, 4) is 0 Å². The smallest absolute Gasteiger partial charge is 0.326 e. The number of alkyl halides is 2. The lowest BCUT2D eigenvalue weighted by atomic mass is 10.3. The lowest BCUT2D eigenvalue weighted by Gasteiger charge is -2.13. The van der Waals surface area contributed by atoms with Crippen molar-refractivity contribution < 1.29 is 13.6 Å². The number of carbonyl (C=O) groups excluding carboxylic acids is 1. The first kappa shape index (κ1) is 8.43. The highest BCUT2D eigenvalue weighted by Crippen LogP contribution is 2.28. The molecule has 0 aromatic carbocycles. The normalized spacial score (nSPS) is 22.8. The second-order valence-electron chi connectivity index (χ2n) is 2.75. The Morgan fingerprint density at radius 1 is 1.64 bits per heavy atom. The van der Waals surface area contributed by atoms with Gasteiger partial charge in [0.05, 0.1) is 0 Å². The maximum absolute atomic E-state index is 12.5. The molecular formula is C7H11F2NO. The van der Waals surface area contributed by atoms with Gasteiger partial charge < -0.3 is 4.90 Å². The monoisotopic (exact) mass is 163 g/mol. The minimum atomic E-state index is -3.09. The molecule has 0 saturated carbocycles. The van der Waals surface area contributed by atoms with E-state index in [-0.39, 0.29) is 13.0 Å². The highest BCUT2D eigenvalue weighted by atomic mass is 19.3. The average molecular weight is 163 g/mol. The van der Waals surface area contributed by atoms with Gasteiger partial charge in [-0.2, -0.15) is 8.78 Å². The fraction of sp³-hybridized carbons (Fsp3) is 0.857. The van der Waals surface area contributed by atoms with E-state index in [2.05, 4.69) is 0 Å². The molecule has 1 saturated heterocycles. The summed E-state index contributed by atoms with van der Waals surface area (Å²) in [6, 6.07) is 0. The molecular weight excluding hydrogens is 152 g/mol. The van der Waals surface area contributed by atoms with E-state index in [4.69, 9.17) is 0 Å². The Labute approximate surface area is 64.2 Å². The molecule has 64 valence electrons. The second-order valence-corrected chi connectivity index (χ2v) is 2.75. The first-order valence-corrected chi connectivity index (χ1v) is 3.75. The van der Waals surface area contributed by atoms with Gasteiger partial charge in [0, 0.05) is 19.5 Å². The molecule has 0 spiro atoms. The number of likely N-dealkylation sites (tertiary alicyclic amines) is 1. The molecule has 0 aromatic heterocycles. The Morgan fingerprint density at radius 3 is 2.64 bits per heavy atom. The van der Waals surface area contributed by atoms with Crippen LogP contribution in [0.2, 0.25) is 0 Å². The lowest BCUT2D eigenvalue weighted by molar-refractivity contribution is -0.147. The van der Waals surface area contributed by atoms with Crippen LogP contribution in [-0.4, -0.2) is 29.8 Å². The van der Waals surface area contributed by atoms with Gasteiger partial charge in [-0.25, -0.2) is 0 Å². The van der Waals surface area contributed by atoms with Crippen LogP contribution in [0.25, 0.3) is 0 Å². The first-order valence-electron chi connectivity index (χ1n) is 3.75. The third-order valence-corrected chi connectivity index (χ3v) is 1.79. The minimum absolute atomic E-state index is 0.208. The molecule has 0 N–H and O–H groups in total. The molecule has 0 aliphatic carbocycles. The van der Waals surface area contributed by atoms with Crippen molar-refractivity contribution in [2.24, 2.45) is 0 Å². The second kappa shape index (κ2) is 2.75. The first-order chi connectivity index (χ1) is 5.08. The highest BCUT2D eigenvalue weighted by Gasteiger charge is 2.47. The molecule has 1 amide bonds. The predicted molar refractivity (Wildman–Crippen MR) is 36.4 cm³/mol. The van der Waals surface area contributed by atoms with Gasteiger partial charge in [0.2, 0.25) is 0 Å². The van der Waals surface area contributed by atoms with E-state index in [1.54, 1.807) is 0 Å². The molecule has 0 radical (unpaired) electrons. The van der Waals surface area contributed by atoms with Crippen molar-refractivity contribution >= 4 is 5.91 Å². The van der Waals surface area contributed by atoms with Gasteiger partial charge in [-0.3, -0.25) is 4.79 Å². The number of nitrogens with zero attached hydrogens (tertiary/aromatic N) is 1. The summed E-state index contributed by atoms with van der Waals surface area (Å²) in [4.78, 5) is 12.0. The van der Waals surface area contributed by atoms with Gasteiger partial charge in [-0.1, -0.05) is 6.92 Å². The fourth-order valence-corrected chi connectivity index (χ4v) is 1.20.